The molecule has 20 heavy (non-hydrogen) atoms. The molecular formula is C15H29IN4. The summed E-state index contributed by atoms with van der Waals surface area (Å²) in [6, 6.07) is 0. The first-order valence-electron chi connectivity index (χ1n) is 7.44. The molecule has 0 aromatic heterocycles. The Bertz CT molecular complexity index is 303. The van der Waals surface area contributed by atoms with Gasteiger partial charge in [0.25, 0.3) is 0 Å². The zero-order valence-corrected chi connectivity index (χ0v) is 15.2. The van der Waals surface area contributed by atoms with Crippen LogP contribution in [0.25, 0.3) is 0 Å². The predicted octanol–water partition coefficient (Wildman–Crippen LogP) is 1.91. The number of halogens is 1. The molecule has 0 aromatic rings. The summed E-state index contributed by atoms with van der Waals surface area (Å²) in [4.78, 5) is 7.08. The van der Waals surface area contributed by atoms with Gasteiger partial charge in [-0.2, -0.15) is 0 Å². The van der Waals surface area contributed by atoms with E-state index in [1.54, 1.807) is 0 Å². The number of likely N-dealkylation sites (tertiary alicyclic amines) is 1. The molecule has 1 rings (SSSR count). The first kappa shape index (κ1) is 19.5. The van der Waals surface area contributed by atoms with Gasteiger partial charge in [0.05, 0.1) is 6.54 Å². The maximum Gasteiger partial charge on any atom is 0.192 e. The van der Waals surface area contributed by atoms with E-state index in [0.717, 1.165) is 37.9 Å². The standard InChI is InChI=1S/C15H28N4.HI/c1-4-9-17-15(16-5-2)18-10-6-11-19-12-7-14(3)8-13-19;/h1,14H,5-13H2,2-3H3,(H2,16,17,18);1H. The van der Waals surface area contributed by atoms with Gasteiger partial charge in [-0.3, -0.25) is 4.99 Å². The van der Waals surface area contributed by atoms with Crippen LogP contribution in [0.5, 0.6) is 0 Å². The fourth-order valence-electron chi connectivity index (χ4n) is 2.25. The Morgan fingerprint density at radius 1 is 1.35 bits per heavy atom. The van der Waals surface area contributed by atoms with Crippen LogP contribution >= 0.6 is 24.0 Å². The van der Waals surface area contributed by atoms with Crippen LogP contribution in [0.3, 0.4) is 0 Å². The van der Waals surface area contributed by atoms with Crippen LogP contribution in [0, 0.1) is 18.3 Å². The monoisotopic (exact) mass is 392 g/mol. The summed E-state index contributed by atoms with van der Waals surface area (Å²) in [6.45, 7) is 10.3. The second-order valence-corrected chi connectivity index (χ2v) is 5.20. The molecule has 1 saturated heterocycles. The van der Waals surface area contributed by atoms with E-state index in [1.807, 2.05) is 0 Å². The Morgan fingerprint density at radius 3 is 2.65 bits per heavy atom. The summed E-state index contributed by atoms with van der Waals surface area (Å²) in [7, 11) is 0. The Balaban J connectivity index is 0.00000361. The third kappa shape index (κ3) is 8.64. The van der Waals surface area contributed by atoms with Crippen LogP contribution in [0.1, 0.15) is 33.1 Å². The zero-order chi connectivity index (χ0) is 13.9. The van der Waals surface area contributed by atoms with Crippen LogP contribution in [0.2, 0.25) is 0 Å². The van der Waals surface area contributed by atoms with Crippen LogP contribution in [0.15, 0.2) is 4.99 Å². The number of terminal acetylenes is 1. The van der Waals surface area contributed by atoms with Gasteiger partial charge < -0.3 is 15.5 Å². The summed E-state index contributed by atoms with van der Waals surface area (Å²) < 4.78 is 0. The van der Waals surface area contributed by atoms with Crippen molar-refractivity contribution in [2.75, 3.05) is 39.3 Å². The van der Waals surface area contributed by atoms with Crippen molar-refractivity contribution in [2.24, 2.45) is 10.9 Å². The minimum atomic E-state index is 0. The number of aliphatic imine (C=N–C) groups is 1. The average molecular weight is 392 g/mol. The van der Waals surface area contributed by atoms with Crippen molar-refractivity contribution in [1.82, 2.24) is 15.5 Å². The summed E-state index contributed by atoms with van der Waals surface area (Å²) >= 11 is 0. The van der Waals surface area contributed by atoms with Gasteiger partial charge in [0.15, 0.2) is 5.96 Å². The molecule has 1 aliphatic heterocycles. The van der Waals surface area contributed by atoms with Gasteiger partial charge >= 0.3 is 0 Å². The lowest BCUT2D eigenvalue weighted by Crippen LogP contribution is -2.38. The van der Waals surface area contributed by atoms with Crippen LogP contribution in [0.4, 0.5) is 0 Å². The molecule has 0 saturated carbocycles. The zero-order valence-electron chi connectivity index (χ0n) is 12.8. The van der Waals surface area contributed by atoms with Crippen molar-refractivity contribution in [1.29, 1.82) is 0 Å². The van der Waals surface area contributed by atoms with Crippen molar-refractivity contribution >= 4 is 29.9 Å². The molecule has 5 heteroatoms. The van der Waals surface area contributed by atoms with E-state index in [1.165, 1.54) is 25.9 Å². The number of rotatable bonds is 6. The lowest BCUT2D eigenvalue weighted by Gasteiger charge is -2.29. The van der Waals surface area contributed by atoms with Crippen LogP contribution in [-0.2, 0) is 0 Å². The topological polar surface area (TPSA) is 39.7 Å². The molecule has 0 radical (unpaired) electrons. The average Bonchev–Trinajstić information content (AvgIpc) is 2.42. The second-order valence-electron chi connectivity index (χ2n) is 5.20. The number of guanidine groups is 1. The largest absolute Gasteiger partial charge is 0.357 e. The summed E-state index contributed by atoms with van der Waals surface area (Å²) in [5.41, 5.74) is 0. The van der Waals surface area contributed by atoms with E-state index >= 15 is 0 Å². The molecule has 0 unspecified atom stereocenters. The van der Waals surface area contributed by atoms with Gasteiger partial charge in [-0.05, 0) is 51.7 Å². The molecule has 0 atom stereocenters. The maximum absolute atomic E-state index is 5.23. The number of nitrogens with zero attached hydrogens (tertiary/aromatic N) is 2. The van der Waals surface area contributed by atoms with Gasteiger partial charge in [0.2, 0.25) is 0 Å². The van der Waals surface area contributed by atoms with E-state index in [9.17, 15) is 0 Å². The molecule has 4 nitrogen and oxygen atoms in total. The van der Waals surface area contributed by atoms with Crippen molar-refractivity contribution in [3.05, 3.63) is 0 Å². The summed E-state index contributed by atoms with van der Waals surface area (Å²) in [5.74, 6) is 4.29. The molecular weight excluding hydrogens is 363 g/mol. The van der Waals surface area contributed by atoms with Gasteiger partial charge in [0, 0.05) is 13.1 Å². The van der Waals surface area contributed by atoms with Crippen molar-refractivity contribution in [3.63, 3.8) is 0 Å². The van der Waals surface area contributed by atoms with Gasteiger partial charge in [-0.25, -0.2) is 0 Å². The first-order chi connectivity index (χ1) is 9.26. The molecule has 1 heterocycles. The first-order valence-corrected chi connectivity index (χ1v) is 7.44. The Labute approximate surface area is 141 Å². The highest BCUT2D eigenvalue weighted by Gasteiger charge is 2.14. The fourth-order valence-corrected chi connectivity index (χ4v) is 2.25. The smallest absolute Gasteiger partial charge is 0.192 e. The predicted molar refractivity (Wildman–Crippen MR) is 97.7 cm³/mol. The van der Waals surface area contributed by atoms with E-state index in [4.69, 9.17) is 6.42 Å². The van der Waals surface area contributed by atoms with E-state index in [2.05, 4.69) is 40.3 Å². The van der Waals surface area contributed by atoms with Gasteiger partial charge in [0.1, 0.15) is 0 Å². The molecule has 0 aliphatic carbocycles. The van der Waals surface area contributed by atoms with Crippen molar-refractivity contribution in [3.8, 4) is 12.3 Å². The molecule has 1 fully saturated rings. The van der Waals surface area contributed by atoms with E-state index in [0.29, 0.717) is 6.54 Å². The molecule has 1 aliphatic rings. The second kappa shape index (κ2) is 12.3. The Kier molecular flexibility index (Phi) is 12.0. The summed E-state index contributed by atoms with van der Waals surface area (Å²) in [6.07, 6.45) is 9.03. The molecule has 0 amide bonds. The molecule has 116 valence electrons. The van der Waals surface area contributed by atoms with Gasteiger partial charge in [-0.1, -0.05) is 12.8 Å². The number of piperidine rings is 1. The lowest BCUT2D eigenvalue weighted by molar-refractivity contribution is 0.192. The highest BCUT2D eigenvalue weighted by molar-refractivity contribution is 14.0. The highest BCUT2D eigenvalue weighted by atomic mass is 127. The Hall–Kier alpha value is -0.480. The van der Waals surface area contributed by atoms with Crippen LogP contribution in [-0.4, -0.2) is 50.1 Å². The third-order valence-electron chi connectivity index (χ3n) is 3.48. The molecule has 2 N–H and O–H groups in total. The normalized spacial score (nSPS) is 17.1. The fraction of sp³-hybridized carbons (Fsp3) is 0.800. The lowest BCUT2D eigenvalue weighted by atomic mass is 9.99. The minimum absolute atomic E-state index is 0. The molecule has 0 aromatic carbocycles. The van der Waals surface area contributed by atoms with Gasteiger partial charge in [-0.15, -0.1) is 30.4 Å². The van der Waals surface area contributed by atoms with E-state index < -0.39 is 0 Å². The maximum atomic E-state index is 5.23. The molecule has 0 bridgehead atoms. The SMILES string of the molecule is C#CCNC(=NCCCN1CCC(C)CC1)NCC.I. The van der Waals surface area contributed by atoms with E-state index in [-0.39, 0.29) is 24.0 Å². The van der Waals surface area contributed by atoms with Crippen molar-refractivity contribution < 1.29 is 0 Å². The Morgan fingerprint density at radius 2 is 2.05 bits per heavy atom. The number of hydrogen-bond acceptors (Lipinski definition) is 2. The third-order valence-corrected chi connectivity index (χ3v) is 3.48. The van der Waals surface area contributed by atoms with Crippen molar-refractivity contribution in [2.45, 2.75) is 33.1 Å². The minimum Gasteiger partial charge on any atom is -0.357 e. The molecule has 0 spiro atoms. The van der Waals surface area contributed by atoms with Crippen LogP contribution < -0.4 is 10.6 Å². The number of hydrogen-bond donors (Lipinski definition) is 2. The quantitative estimate of drug-likeness (QED) is 0.239. The number of nitrogens with one attached hydrogen (secondary N) is 2. The summed E-state index contributed by atoms with van der Waals surface area (Å²) in [5, 5.41) is 6.30. The highest BCUT2D eigenvalue weighted by Crippen LogP contribution is 2.15.